The van der Waals surface area contributed by atoms with Crippen LogP contribution in [0.5, 0.6) is 0 Å². The van der Waals surface area contributed by atoms with Crippen LogP contribution in [0.3, 0.4) is 0 Å². The zero-order chi connectivity index (χ0) is 11.4. The summed E-state index contributed by atoms with van der Waals surface area (Å²) < 4.78 is 0. The first-order chi connectivity index (χ1) is 7.85. The molecule has 0 N–H and O–H groups in total. The molecule has 0 aromatic heterocycles. The molecular weight excluding hydrogens is 196 g/mol. The van der Waals surface area contributed by atoms with Crippen LogP contribution >= 0.6 is 0 Å². The molecule has 16 heavy (non-hydrogen) atoms. The van der Waals surface area contributed by atoms with Gasteiger partial charge in [-0.15, -0.1) is 0 Å². The van der Waals surface area contributed by atoms with Crippen LogP contribution in [0.25, 0.3) is 0 Å². The zero-order valence-electron chi connectivity index (χ0n) is 9.35. The summed E-state index contributed by atoms with van der Waals surface area (Å²) in [6.45, 7) is 3.72. The van der Waals surface area contributed by atoms with Crippen molar-refractivity contribution in [2.45, 2.75) is 6.42 Å². The second kappa shape index (κ2) is 4.71. The lowest BCUT2D eigenvalue weighted by molar-refractivity contribution is 1.31. The first-order valence-corrected chi connectivity index (χ1v) is 5.26. The molecule has 0 amide bonds. The smallest absolute Gasteiger partial charge is 0.0646 e. The van der Waals surface area contributed by atoms with Gasteiger partial charge in [0.1, 0.15) is 0 Å². The standard InChI is InChI=1S/C14H14N2/c1-3-4-13-9-11-5-7-16-8-6-12(11)10-14(13)15-2/h3-5,7-10H,1,6H2,2H3/b13-4-,15-14?. The van der Waals surface area contributed by atoms with Crippen molar-refractivity contribution in [3.05, 3.63) is 59.9 Å². The molecule has 0 saturated heterocycles. The van der Waals surface area contributed by atoms with Crippen LogP contribution in [0.1, 0.15) is 6.42 Å². The summed E-state index contributed by atoms with van der Waals surface area (Å²) in [6.07, 6.45) is 14.6. The van der Waals surface area contributed by atoms with Crippen molar-refractivity contribution in [2.24, 2.45) is 9.98 Å². The van der Waals surface area contributed by atoms with Crippen LogP contribution in [0.4, 0.5) is 0 Å². The van der Waals surface area contributed by atoms with Gasteiger partial charge in [0.05, 0.1) is 5.71 Å². The van der Waals surface area contributed by atoms with E-state index in [1.165, 1.54) is 11.1 Å². The van der Waals surface area contributed by atoms with Crippen LogP contribution in [0, 0.1) is 0 Å². The average molecular weight is 210 g/mol. The Morgan fingerprint density at radius 3 is 3.06 bits per heavy atom. The van der Waals surface area contributed by atoms with Crippen LogP contribution in [-0.2, 0) is 0 Å². The minimum atomic E-state index is 0.860. The molecule has 2 rings (SSSR count). The van der Waals surface area contributed by atoms with Crippen molar-refractivity contribution in [3.8, 4) is 0 Å². The summed E-state index contributed by atoms with van der Waals surface area (Å²) in [4.78, 5) is 8.43. The molecule has 80 valence electrons. The van der Waals surface area contributed by atoms with Gasteiger partial charge < -0.3 is 0 Å². The van der Waals surface area contributed by atoms with Gasteiger partial charge in [-0.1, -0.05) is 18.7 Å². The number of allylic oxidation sites excluding steroid dienone is 8. The molecule has 0 bridgehead atoms. The van der Waals surface area contributed by atoms with Crippen LogP contribution < -0.4 is 0 Å². The Morgan fingerprint density at radius 2 is 2.31 bits per heavy atom. The van der Waals surface area contributed by atoms with E-state index >= 15 is 0 Å². The number of hydrogen-bond donors (Lipinski definition) is 0. The Bertz CT molecular complexity index is 483. The van der Waals surface area contributed by atoms with E-state index in [4.69, 9.17) is 0 Å². The molecule has 1 heterocycles. The van der Waals surface area contributed by atoms with Gasteiger partial charge >= 0.3 is 0 Å². The maximum absolute atomic E-state index is 4.28. The van der Waals surface area contributed by atoms with Gasteiger partial charge in [-0.05, 0) is 29.4 Å². The monoisotopic (exact) mass is 210 g/mol. The molecule has 2 nitrogen and oxygen atoms in total. The van der Waals surface area contributed by atoms with Crippen molar-refractivity contribution >= 4 is 11.9 Å². The first-order valence-electron chi connectivity index (χ1n) is 5.26. The molecule has 0 radical (unpaired) electrons. The topological polar surface area (TPSA) is 24.7 Å². The third-order valence-corrected chi connectivity index (χ3v) is 2.58. The average Bonchev–Trinajstić information content (AvgIpc) is 2.53. The molecule has 0 atom stereocenters. The second-order valence-corrected chi connectivity index (χ2v) is 3.59. The summed E-state index contributed by atoms with van der Waals surface area (Å²) in [5.41, 5.74) is 4.57. The fourth-order valence-corrected chi connectivity index (χ4v) is 1.79. The van der Waals surface area contributed by atoms with Crippen molar-refractivity contribution in [1.82, 2.24) is 0 Å². The number of rotatable bonds is 1. The maximum Gasteiger partial charge on any atom is 0.0646 e. The van der Waals surface area contributed by atoms with E-state index in [9.17, 15) is 0 Å². The third kappa shape index (κ3) is 2.01. The highest BCUT2D eigenvalue weighted by atomic mass is 14.7. The molecule has 0 saturated carbocycles. The molecule has 0 aromatic carbocycles. The zero-order valence-corrected chi connectivity index (χ0v) is 9.35. The summed E-state index contributed by atoms with van der Waals surface area (Å²) in [7, 11) is 1.81. The fraction of sp³-hybridized carbons (Fsp3) is 0.143. The van der Waals surface area contributed by atoms with E-state index in [1.807, 2.05) is 31.6 Å². The summed E-state index contributed by atoms with van der Waals surface area (Å²) in [5, 5.41) is 0. The van der Waals surface area contributed by atoms with Crippen LogP contribution in [0.2, 0.25) is 0 Å². The van der Waals surface area contributed by atoms with Gasteiger partial charge in [0.2, 0.25) is 0 Å². The number of fused-ring (bicyclic) bond motifs is 1. The highest BCUT2D eigenvalue weighted by molar-refractivity contribution is 6.13. The van der Waals surface area contributed by atoms with Gasteiger partial charge in [0.25, 0.3) is 0 Å². The minimum absolute atomic E-state index is 0.860. The number of nitrogens with zero attached hydrogens (tertiary/aromatic N) is 2. The van der Waals surface area contributed by atoms with Crippen LogP contribution in [-0.4, -0.2) is 19.0 Å². The van der Waals surface area contributed by atoms with Gasteiger partial charge in [0, 0.05) is 31.5 Å². The highest BCUT2D eigenvalue weighted by Gasteiger charge is 2.13. The fourth-order valence-electron chi connectivity index (χ4n) is 1.79. The summed E-state index contributed by atoms with van der Waals surface area (Å²) in [5.74, 6) is 0. The SMILES string of the molecule is C=C/C=C1/C=C2C=CN=CCC2=CC1=NC. The molecule has 0 spiro atoms. The highest BCUT2D eigenvalue weighted by Crippen LogP contribution is 2.25. The van der Waals surface area contributed by atoms with Crippen molar-refractivity contribution < 1.29 is 0 Å². The lowest BCUT2D eigenvalue weighted by Gasteiger charge is -2.14. The molecule has 0 fully saturated rings. The molecule has 1 aliphatic carbocycles. The first kappa shape index (κ1) is 10.6. The Kier molecular flexibility index (Phi) is 3.10. The van der Waals surface area contributed by atoms with Gasteiger partial charge in [-0.3, -0.25) is 9.98 Å². The number of aliphatic imine (C=N–C) groups is 2. The second-order valence-electron chi connectivity index (χ2n) is 3.59. The van der Waals surface area contributed by atoms with E-state index in [2.05, 4.69) is 28.7 Å². The third-order valence-electron chi connectivity index (χ3n) is 2.58. The Balaban J connectivity index is 2.48. The Labute approximate surface area is 95.8 Å². The molecule has 2 heteroatoms. The van der Waals surface area contributed by atoms with Crippen LogP contribution in [0.15, 0.2) is 69.9 Å². The lowest BCUT2D eigenvalue weighted by Crippen LogP contribution is -2.06. The Morgan fingerprint density at radius 1 is 1.44 bits per heavy atom. The predicted octanol–water partition coefficient (Wildman–Crippen LogP) is 3.02. The molecule has 1 aliphatic heterocycles. The van der Waals surface area contributed by atoms with Gasteiger partial charge in [-0.2, -0.15) is 0 Å². The summed E-state index contributed by atoms with van der Waals surface area (Å²) >= 11 is 0. The normalized spacial score (nSPS) is 23.8. The van der Waals surface area contributed by atoms with Crippen molar-refractivity contribution in [3.63, 3.8) is 0 Å². The minimum Gasteiger partial charge on any atom is -0.288 e. The molecule has 2 aliphatic rings. The van der Waals surface area contributed by atoms with E-state index in [0.29, 0.717) is 0 Å². The van der Waals surface area contributed by atoms with Crippen molar-refractivity contribution in [2.75, 3.05) is 7.05 Å². The quantitative estimate of drug-likeness (QED) is 0.635. The Hall–Kier alpha value is -1.96. The number of hydrogen-bond acceptors (Lipinski definition) is 2. The maximum atomic E-state index is 4.28. The molecule has 0 unspecified atom stereocenters. The largest absolute Gasteiger partial charge is 0.288 e. The molecular formula is C14H14N2. The van der Waals surface area contributed by atoms with E-state index in [-0.39, 0.29) is 0 Å². The summed E-state index contributed by atoms with van der Waals surface area (Å²) in [6, 6.07) is 0. The predicted molar refractivity (Wildman–Crippen MR) is 70.1 cm³/mol. The van der Waals surface area contributed by atoms with Crippen molar-refractivity contribution in [1.29, 1.82) is 0 Å². The lowest BCUT2D eigenvalue weighted by atomic mass is 9.91. The van der Waals surface area contributed by atoms with E-state index in [0.717, 1.165) is 17.7 Å². The van der Waals surface area contributed by atoms with E-state index in [1.54, 1.807) is 6.08 Å². The van der Waals surface area contributed by atoms with Gasteiger partial charge in [-0.25, -0.2) is 0 Å². The molecule has 0 aromatic rings. The van der Waals surface area contributed by atoms with Gasteiger partial charge in [0.15, 0.2) is 0 Å². The van der Waals surface area contributed by atoms with E-state index < -0.39 is 0 Å².